The van der Waals surface area contributed by atoms with Crippen molar-refractivity contribution in [3.8, 4) is 0 Å². The minimum atomic E-state index is -5.12. The normalized spacial score (nSPS) is 13.3. The number of amidine groups is 2. The summed E-state index contributed by atoms with van der Waals surface area (Å²) in [5.41, 5.74) is 8.96. The van der Waals surface area contributed by atoms with Crippen LogP contribution in [0.4, 0.5) is 0 Å². The van der Waals surface area contributed by atoms with Crippen LogP contribution in [0.5, 0.6) is 0 Å². The number of nitrogens with two attached hydrogens (primary N) is 2. The first-order valence-corrected chi connectivity index (χ1v) is 8.32. The molecule has 0 fully saturated rings. The van der Waals surface area contributed by atoms with Gasteiger partial charge in [0.1, 0.15) is 22.7 Å². The van der Waals surface area contributed by atoms with Gasteiger partial charge in [-0.25, -0.2) is 0 Å². The van der Waals surface area contributed by atoms with Crippen molar-refractivity contribution in [2.45, 2.75) is 38.8 Å². The highest BCUT2D eigenvalue weighted by molar-refractivity contribution is 7.94. The molecule has 13 nitrogen and oxygen atoms in total. The fourth-order valence-corrected chi connectivity index (χ4v) is 1.34. The molecule has 0 rings (SSSR count). The molecule has 0 saturated heterocycles. The van der Waals surface area contributed by atoms with Crippen molar-refractivity contribution in [1.29, 1.82) is 10.8 Å². The summed E-state index contributed by atoms with van der Waals surface area (Å²) < 4.78 is 55.6. The van der Waals surface area contributed by atoms with E-state index in [2.05, 4.69) is 13.9 Å². The maximum absolute atomic E-state index is 9.44. The molecule has 0 aromatic rings. The second kappa shape index (κ2) is 7.73. The molecule has 0 aromatic carbocycles. The molecule has 23 heavy (non-hydrogen) atoms. The van der Waals surface area contributed by atoms with Crippen molar-refractivity contribution in [1.82, 2.24) is 0 Å². The number of hydrogen-bond acceptors (Lipinski definition) is 9. The minimum Gasteiger partial charge on any atom is -0.386 e. The third-order valence-corrected chi connectivity index (χ3v) is 3.42. The van der Waals surface area contributed by atoms with Crippen LogP contribution >= 0.6 is 0 Å². The van der Waals surface area contributed by atoms with E-state index in [0.717, 1.165) is 0 Å². The highest BCUT2D eigenvalue weighted by Gasteiger charge is 2.25. The smallest absolute Gasteiger partial charge is 0.386 e. The molecule has 0 atom stereocenters. The van der Waals surface area contributed by atoms with Crippen LogP contribution in [-0.2, 0) is 24.4 Å². The van der Waals surface area contributed by atoms with Crippen molar-refractivity contribution in [3.05, 3.63) is 0 Å². The van der Waals surface area contributed by atoms with Crippen molar-refractivity contribution in [2.24, 2.45) is 21.7 Å². The van der Waals surface area contributed by atoms with Gasteiger partial charge >= 0.3 is 20.8 Å². The molecule has 136 valence electrons. The molecule has 0 aromatic heterocycles. The van der Waals surface area contributed by atoms with Crippen LogP contribution in [0.2, 0.25) is 0 Å². The quantitative estimate of drug-likeness (QED) is 0.151. The summed E-state index contributed by atoms with van der Waals surface area (Å²) in [6.07, 6.45) is 0. The van der Waals surface area contributed by atoms with Gasteiger partial charge < -0.3 is 11.5 Å². The van der Waals surface area contributed by atoms with Crippen molar-refractivity contribution in [2.75, 3.05) is 0 Å². The summed E-state index contributed by atoms with van der Waals surface area (Å²) in [6.45, 7) is 6.70. The van der Waals surface area contributed by atoms with E-state index in [4.69, 9.17) is 31.4 Å². The van der Waals surface area contributed by atoms with Crippen LogP contribution in [0.1, 0.15) is 27.7 Å². The zero-order chi connectivity index (χ0) is 19.3. The van der Waals surface area contributed by atoms with Crippen LogP contribution in [0.25, 0.3) is 0 Å². The Morgan fingerprint density at radius 1 is 0.870 bits per heavy atom. The second-order valence-electron chi connectivity index (χ2n) is 5.07. The summed E-state index contributed by atoms with van der Waals surface area (Å²) >= 11 is 0. The lowest BCUT2D eigenvalue weighted by Gasteiger charge is -2.20. The average molecular weight is 376 g/mol. The Labute approximate surface area is 134 Å². The molecular formula is C8H20N6O7S2. The molecule has 0 spiro atoms. The molecule has 0 unspecified atom stereocenters. The van der Waals surface area contributed by atoms with Crippen LogP contribution in [0.15, 0.2) is 10.2 Å². The van der Waals surface area contributed by atoms with E-state index < -0.39 is 31.9 Å². The first-order chi connectivity index (χ1) is 9.80. The SMILES string of the molecule is CC(C)(N=NC(C)(C)C(=N)N)C(=N)N.O=S(=O)(O)OS(=O)(=O)O. The molecule has 0 heterocycles. The lowest BCUT2D eigenvalue weighted by molar-refractivity contribution is 0.344. The largest absolute Gasteiger partial charge is 0.413 e. The van der Waals surface area contributed by atoms with Gasteiger partial charge in [-0.1, -0.05) is 0 Å². The standard InChI is InChI=1S/C8H18N6.H2O7S2/c1-7(2,5(9)10)13-14-8(3,4)6(11)12;1-8(2,3)7-9(4,5)6/h1-4H3,(H3,9,10)(H3,11,12);(H,1,2,3)(H,4,5,6). The highest BCUT2D eigenvalue weighted by Crippen LogP contribution is 2.15. The Morgan fingerprint density at radius 3 is 1.17 bits per heavy atom. The van der Waals surface area contributed by atoms with Crippen LogP contribution in [-0.4, -0.2) is 48.7 Å². The average Bonchev–Trinajstić information content (AvgIpc) is 2.22. The lowest BCUT2D eigenvalue weighted by Crippen LogP contribution is -2.38. The maximum atomic E-state index is 9.44. The van der Waals surface area contributed by atoms with Gasteiger partial charge in [-0.15, -0.1) is 3.63 Å². The van der Waals surface area contributed by atoms with Crippen LogP contribution in [0.3, 0.4) is 0 Å². The molecule has 0 radical (unpaired) electrons. The molecule has 0 aliphatic heterocycles. The minimum absolute atomic E-state index is 0.0689. The van der Waals surface area contributed by atoms with Gasteiger partial charge in [0.05, 0.1) is 0 Å². The van der Waals surface area contributed by atoms with E-state index in [1.807, 2.05) is 0 Å². The number of azo groups is 1. The molecule has 0 saturated carbocycles. The summed E-state index contributed by atoms with van der Waals surface area (Å²) in [6, 6.07) is 0. The second-order valence-corrected chi connectivity index (χ2v) is 7.32. The summed E-state index contributed by atoms with van der Waals surface area (Å²) in [7, 11) is -10.2. The van der Waals surface area contributed by atoms with Crippen molar-refractivity contribution in [3.63, 3.8) is 0 Å². The van der Waals surface area contributed by atoms with Gasteiger partial charge in [0.25, 0.3) is 0 Å². The van der Waals surface area contributed by atoms with Gasteiger partial charge in [0, 0.05) is 0 Å². The van der Waals surface area contributed by atoms with E-state index in [1.165, 1.54) is 0 Å². The van der Waals surface area contributed by atoms with Crippen molar-refractivity contribution < 1.29 is 29.6 Å². The first kappa shape index (κ1) is 23.6. The Balaban J connectivity index is 0. The number of nitrogens with one attached hydrogen (secondary N) is 2. The Hall–Kier alpha value is -1.68. The van der Waals surface area contributed by atoms with E-state index in [0.29, 0.717) is 0 Å². The zero-order valence-corrected chi connectivity index (χ0v) is 14.4. The fraction of sp³-hybridized carbons (Fsp3) is 0.750. The number of hydrogen-bond donors (Lipinski definition) is 6. The number of rotatable bonds is 6. The van der Waals surface area contributed by atoms with Crippen LogP contribution in [0, 0.1) is 10.8 Å². The Morgan fingerprint density at radius 2 is 1.09 bits per heavy atom. The summed E-state index contributed by atoms with van der Waals surface area (Å²) in [5.74, 6) is -0.138. The first-order valence-electron chi connectivity index (χ1n) is 5.59. The Kier molecular flexibility index (Phi) is 7.93. The van der Waals surface area contributed by atoms with Gasteiger partial charge in [-0.3, -0.25) is 19.9 Å². The zero-order valence-electron chi connectivity index (χ0n) is 12.8. The van der Waals surface area contributed by atoms with Gasteiger partial charge in [-0.05, 0) is 27.7 Å². The van der Waals surface area contributed by atoms with E-state index in [9.17, 15) is 16.8 Å². The fourth-order valence-electron chi connectivity index (χ4n) is 0.466. The summed E-state index contributed by atoms with van der Waals surface area (Å²) in [5, 5.41) is 22.3. The van der Waals surface area contributed by atoms with Gasteiger partial charge in [0.15, 0.2) is 0 Å². The highest BCUT2D eigenvalue weighted by atomic mass is 32.3. The molecule has 8 N–H and O–H groups in total. The monoisotopic (exact) mass is 376 g/mol. The molecule has 0 bridgehead atoms. The molecule has 0 aliphatic rings. The van der Waals surface area contributed by atoms with Crippen LogP contribution < -0.4 is 11.5 Å². The molecule has 15 heteroatoms. The lowest BCUT2D eigenvalue weighted by atomic mass is 10.1. The maximum Gasteiger partial charge on any atom is 0.413 e. The van der Waals surface area contributed by atoms with E-state index in [-0.39, 0.29) is 11.7 Å². The topological polar surface area (TPSA) is 242 Å². The number of nitrogens with zero attached hydrogens (tertiary/aromatic N) is 2. The molecular weight excluding hydrogens is 356 g/mol. The summed E-state index contributed by atoms with van der Waals surface area (Å²) in [4.78, 5) is 0. The third kappa shape index (κ3) is 12.5. The Bertz CT molecular complexity index is 622. The van der Waals surface area contributed by atoms with Gasteiger partial charge in [-0.2, -0.15) is 27.1 Å². The molecule has 0 amide bonds. The predicted octanol–water partition coefficient (Wildman–Crippen LogP) is -0.524. The molecule has 0 aliphatic carbocycles. The van der Waals surface area contributed by atoms with Gasteiger partial charge in [0.2, 0.25) is 0 Å². The van der Waals surface area contributed by atoms with E-state index in [1.54, 1.807) is 27.7 Å². The third-order valence-electron chi connectivity index (χ3n) is 2.04. The predicted molar refractivity (Wildman–Crippen MR) is 81.0 cm³/mol. The van der Waals surface area contributed by atoms with E-state index >= 15 is 0 Å². The van der Waals surface area contributed by atoms with Crippen molar-refractivity contribution >= 4 is 32.5 Å².